The van der Waals surface area contributed by atoms with Gasteiger partial charge in [-0.25, -0.2) is 0 Å². The lowest BCUT2D eigenvalue weighted by Gasteiger charge is -2.18. The van der Waals surface area contributed by atoms with Crippen molar-refractivity contribution in [2.24, 2.45) is 0 Å². The van der Waals surface area contributed by atoms with E-state index in [1.54, 1.807) is 19.1 Å². The predicted octanol–water partition coefficient (Wildman–Crippen LogP) is 4.07. The third kappa shape index (κ3) is 4.65. The first kappa shape index (κ1) is 13.8. The van der Waals surface area contributed by atoms with Crippen molar-refractivity contribution in [3.8, 4) is 5.75 Å². The highest BCUT2D eigenvalue weighted by Crippen LogP contribution is 2.31. The average Bonchev–Trinajstić information content (AvgIpc) is 2.24. The highest BCUT2D eigenvalue weighted by Gasteiger charge is 2.32. The number of halogens is 3. The van der Waals surface area contributed by atoms with Crippen LogP contribution in [0.4, 0.5) is 13.2 Å². The summed E-state index contributed by atoms with van der Waals surface area (Å²) in [5, 5.41) is 0. The zero-order valence-electron chi connectivity index (χ0n) is 9.75. The molecular weight excluding hydrogens is 233 g/mol. The van der Waals surface area contributed by atoms with Gasteiger partial charge in [0.25, 0.3) is 0 Å². The molecule has 1 rings (SSSR count). The number of para-hydroxylation sites is 1. The van der Waals surface area contributed by atoms with Crippen molar-refractivity contribution in [3.63, 3.8) is 0 Å². The van der Waals surface area contributed by atoms with Crippen LogP contribution in [-0.2, 0) is 4.74 Å². The van der Waals surface area contributed by atoms with E-state index in [-0.39, 0.29) is 5.75 Å². The van der Waals surface area contributed by atoms with Crippen molar-refractivity contribution in [2.75, 3.05) is 6.61 Å². The molecule has 0 aromatic heterocycles. The van der Waals surface area contributed by atoms with Crippen LogP contribution in [0.15, 0.2) is 24.3 Å². The summed E-state index contributed by atoms with van der Waals surface area (Å²) in [7, 11) is 0. The Balaban J connectivity index is 2.83. The molecule has 0 aliphatic rings. The maximum atomic E-state index is 12.2. The molecule has 1 atom stereocenters. The van der Waals surface area contributed by atoms with Crippen molar-refractivity contribution in [3.05, 3.63) is 29.8 Å². The van der Waals surface area contributed by atoms with Gasteiger partial charge in [0.15, 0.2) is 0 Å². The third-order valence-electron chi connectivity index (χ3n) is 2.15. The standard InChI is InChI=1S/C12H15F3O2/c1-3-8-16-9(2)10-6-4-5-7-11(10)17-12(13,14)15/h4-7,9H,3,8H2,1-2H3/t9-/m0/s1. The Morgan fingerprint density at radius 1 is 1.24 bits per heavy atom. The van der Waals surface area contributed by atoms with Crippen LogP contribution in [0.3, 0.4) is 0 Å². The molecule has 0 spiro atoms. The van der Waals surface area contributed by atoms with Crippen LogP contribution in [0.2, 0.25) is 0 Å². The molecule has 0 saturated heterocycles. The van der Waals surface area contributed by atoms with Crippen molar-refractivity contribution < 1.29 is 22.6 Å². The number of hydrogen-bond donors (Lipinski definition) is 0. The highest BCUT2D eigenvalue weighted by molar-refractivity contribution is 5.35. The molecule has 0 N–H and O–H groups in total. The Morgan fingerprint density at radius 2 is 1.88 bits per heavy atom. The Hall–Kier alpha value is -1.23. The van der Waals surface area contributed by atoms with Crippen molar-refractivity contribution in [1.29, 1.82) is 0 Å². The van der Waals surface area contributed by atoms with Crippen molar-refractivity contribution >= 4 is 0 Å². The fourth-order valence-electron chi connectivity index (χ4n) is 1.42. The molecule has 0 fully saturated rings. The van der Waals surface area contributed by atoms with E-state index in [1.165, 1.54) is 12.1 Å². The maximum absolute atomic E-state index is 12.2. The van der Waals surface area contributed by atoms with E-state index in [0.29, 0.717) is 12.2 Å². The molecule has 5 heteroatoms. The Kier molecular flexibility index (Phi) is 4.81. The minimum absolute atomic E-state index is 0.205. The van der Waals surface area contributed by atoms with Gasteiger partial charge in [-0.05, 0) is 19.4 Å². The molecule has 1 aromatic rings. The molecule has 1 aromatic carbocycles. The van der Waals surface area contributed by atoms with Gasteiger partial charge in [-0.15, -0.1) is 13.2 Å². The van der Waals surface area contributed by atoms with Crippen LogP contribution in [0.25, 0.3) is 0 Å². The monoisotopic (exact) mass is 248 g/mol. The van der Waals surface area contributed by atoms with Gasteiger partial charge in [-0.1, -0.05) is 25.1 Å². The van der Waals surface area contributed by atoms with Gasteiger partial charge in [0.05, 0.1) is 6.10 Å². The van der Waals surface area contributed by atoms with E-state index in [4.69, 9.17) is 4.74 Å². The lowest BCUT2D eigenvalue weighted by molar-refractivity contribution is -0.275. The van der Waals surface area contributed by atoms with Crippen LogP contribution < -0.4 is 4.74 Å². The van der Waals surface area contributed by atoms with E-state index in [0.717, 1.165) is 6.42 Å². The number of alkyl halides is 3. The minimum Gasteiger partial charge on any atom is -0.405 e. The molecule has 2 nitrogen and oxygen atoms in total. The van der Waals surface area contributed by atoms with Gasteiger partial charge < -0.3 is 9.47 Å². The molecular formula is C12H15F3O2. The van der Waals surface area contributed by atoms with Gasteiger partial charge in [0, 0.05) is 12.2 Å². The normalized spacial score (nSPS) is 13.5. The van der Waals surface area contributed by atoms with Crippen LogP contribution in [0, 0.1) is 0 Å². The molecule has 0 aliphatic heterocycles. The van der Waals surface area contributed by atoms with Gasteiger partial charge in [0.1, 0.15) is 5.75 Å². The molecule has 0 heterocycles. The van der Waals surface area contributed by atoms with Crippen LogP contribution in [-0.4, -0.2) is 13.0 Å². The summed E-state index contributed by atoms with van der Waals surface area (Å²) < 4.78 is 45.9. The zero-order valence-corrected chi connectivity index (χ0v) is 9.75. The van der Waals surface area contributed by atoms with Gasteiger partial charge in [-0.3, -0.25) is 0 Å². The Morgan fingerprint density at radius 3 is 2.47 bits per heavy atom. The highest BCUT2D eigenvalue weighted by atomic mass is 19.4. The summed E-state index contributed by atoms with van der Waals surface area (Å²) in [6, 6.07) is 6.01. The quantitative estimate of drug-likeness (QED) is 0.781. The van der Waals surface area contributed by atoms with Crippen molar-refractivity contribution in [2.45, 2.75) is 32.7 Å². The average molecular weight is 248 g/mol. The van der Waals surface area contributed by atoms with E-state index in [9.17, 15) is 13.2 Å². The summed E-state index contributed by atoms with van der Waals surface area (Å²) in [5.41, 5.74) is 0.401. The lowest BCUT2D eigenvalue weighted by Crippen LogP contribution is -2.18. The van der Waals surface area contributed by atoms with Gasteiger partial charge in [0.2, 0.25) is 0 Å². The van der Waals surface area contributed by atoms with E-state index in [1.807, 2.05) is 6.92 Å². The van der Waals surface area contributed by atoms with Crippen LogP contribution >= 0.6 is 0 Å². The van der Waals surface area contributed by atoms with Crippen molar-refractivity contribution in [1.82, 2.24) is 0 Å². The SMILES string of the molecule is CCCO[C@@H](C)c1ccccc1OC(F)(F)F. The summed E-state index contributed by atoms with van der Waals surface area (Å²) in [4.78, 5) is 0. The predicted molar refractivity (Wildman–Crippen MR) is 57.8 cm³/mol. The second kappa shape index (κ2) is 5.91. The van der Waals surface area contributed by atoms with E-state index < -0.39 is 12.5 Å². The lowest BCUT2D eigenvalue weighted by atomic mass is 10.1. The van der Waals surface area contributed by atoms with Crippen LogP contribution in [0.1, 0.15) is 31.9 Å². The summed E-state index contributed by atoms with van der Waals surface area (Å²) in [6.07, 6.45) is -4.29. The third-order valence-corrected chi connectivity index (χ3v) is 2.15. The molecule has 0 amide bonds. The molecule has 0 unspecified atom stereocenters. The minimum atomic E-state index is -4.68. The first-order valence-electron chi connectivity index (χ1n) is 5.40. The second-order valence-corrected chi connectivity index (χ2v) is 3.60. The Bertz CT molecular complexity index is 350. The number of rotatable bonds is 5. The Labute approximate surface area is 98.3 Å². The smallest absolute Gasteiger partial charge is 0.405 e. The topological polar surface area (TPSA) is 18.5 Å². The fourth-order valence-corrected chi connectivity index (χ4v) is 1.42. The first-order valence-corrected chi connectivity index (χ1v) is 5.40. The van der Waals surface area contributed by atoms with Gasteiger partial charge >= 0.3 is 6.36 Å². The molecule has 0 saturated carbocycles. The molecule has 17 heavy (non-hydrogen) atoms. The second-order valence-electron chi connectivity index (χ2n) is 3.60. The summed E-state index contributed by atoms with van der Waals surface area (Å²) in [6.45, 7) is 4.14. The molecule has 96 valence electrons. The number of hydrogen-bond acceptors (Lipinski definition) is 2. The first-order chi connectivity index (χ1) is 7.94. The number of ether oxygens (including phenoxy) is 2. The molecule has 0 bridgehead atoms. The molecule has 0 radical (unpaired) electrons. The zero-order chi connectivity index (χ0) is 12.9. The van der Waals surface area contributed by atoms with E-state index >= 15 is 0 Å². The largest absolute Gasteiger partial charge is 0.573 e. The van der Waals surface area contributed by atoms with Crippen LogP contribution in [0.5, 0.6) is 5.75 Å². The van der Waals surface area contributed by atoms with Gasteiger partial charge in [-0.2, -0.15) is 0 Å². The molecule has 0 aliphatic carbocycles. The fraction of sp³-hybridized carbons (Fsp3) is 0.500. The number of benzene rings is 1. The maximum Gasteiger partial charge on any atom is 0.573 e. The summed E-state index contributed by atoms with van der Waals surface area (Å²) >= 11 is 0. The summed E-state index contributed by atoms with van der Waals surface area (Å²) in [5.74, 6) is -0.205. The van der Waals surface area contributed by atoms with E-state index in [2.05, 4.69) is 4.74 Å².